The highest BCUT2D eigenvalue weighted by atomic mass is 32.1. The fourth-order valence-corrected chi connectivity index (χ4v) is 4.63. The van der Waals surface area contributed by atoms with Crippen molar-refractivity contribution in [3.8, 4) is 10.4 Å². The van der Waals surface area contributed by atoms with Gasteiger partial charge < -0.3 is 5.73 Å². The Morgan fingerprint density at radius 3 is 2.76 bits per heavy atom. The molecule has 3 rings (SSSR count). The Hall–Kier alpha value is -1.19. The number of rotatable bonds is 4. The van der Waals surface area contributed by atoms with E-state index in [4.69, 9.17) is 10.7 Å². The van der Waals surface area contributed by atoms with E-state index in [1.807, 2.05) is 11.3 Å². The Balaban J connectivity index is 1.89. The monoisotopic (exact) mass is 300 g/mol. The lowest BCUT2D eigenvalue weighted by molar-refractivity contribution is 0.314. The van der Waals surface area contributed by atoms with E-state index >= 15 is 0 Å². The summed E-state index contributed by atoms with van der Waals surface area (Å²) in [5.74, 6) is 1.53. The van der Waals surface area contributed by atoms with Crippen LogP contribution in [0.25, 0.3) is 10.4 Å². The number of aromatic nitrogens is 1. The molecule has 2 aromatic rings. The molecule has 1 saturated carbocycles. The molecule has 112 valence electrons. The summed E-state index contributed by atoms with van der Waals surface area (Å²) in [6.45, 7) is 2.85. The van der Waals surface area contributed by atoms with Crippen molar-refractivity contribution in [1.29, 1.82) is 0 Å². The van der Waals surface area contributed by atoms with Gasteiger partial charge in [-0.15, -0.1) is 11.3 Å². The highest BCUT2D eigenvalue weighted by Crippen LogP contribution is 2.41. The first kappa shape index (κ1) is 14.7. The minimum atomic E-state index is 0.532. The van der Waals surface area contributed by atoms with E-state index in [0.717, 1.165) is 11.6 Å². The fraction of sp³-hybridized carbons (Fsp3) is 0.500. The van der Waals surface area contributed by atoms with Gasteiger partial charge in [0.1, 0.15) is 0 Å². The van der Waals surface area contributed by atoms with Crippen molar-refractivity contribution >= 4 is 11.3 Å². The predicted octanol–water partition coefficient (Wildman–Crippen LogP) is 4.95. The van der Waals surface area contributed by atoms with Gasteiger partial charge in [-0.3, -0.25) is 0 Å². The fourth-order valence-electron chi connectivity index (χ4n) is 3.38. The average Bonchev–Trinajstić information content (AvgIpc) is 3.00. The highest BCUT2D eigenvalue weighted by Gasteiger charge is 2.25. The van der Waals surface area contributed by atoms with Crippen molar-refractivity contribution in [1.82, 2.24) is 4.98 Å². The summed E-state index contributed by atoms with van der Waals surface area (Å²) in [5.41, 5.74) is 8.25. The molecule has 1 heterocycles. The largest absolute Gasteiger partial charge is 0.325 e. The summed E-state index contributed by atoms with van der Waals surface area (Å²) in [7, 11) is 0. The molecule has 0 radical (unpaired) electrons. The standard InChI is InChI=1S/C18H24N2S/c1-2-13-7-6-10-15(11-13)18-20-16(12-19)17(21-18)14-8-4-3-5-9-14/h3-5,8-9,13,15H,2,6-7,10-12,19H2,1H3. The molecule has 3 heteroatoms. The van der Waals surface area contributed by atoms with Gasteiger partial charge in [0.05, 0.1) is 15.6 Å². The maximum Gasteiger partial charge on any atom is 0.0966 e. The summed E-state index contributed by atoms with van der Waals surface area (Å²) in [6, 6.07) is 10.5. The van der Waals surface area contributed by atoms with Crippen LogP contribution in [0.4, 0.5) is 0 Å². The minimum absolute atomic E-state index is 0.532. The molecular weight excluding hydrogens is 276 g/mol. The molecule has 0 aliphatic heterocycles. The van der Waals surface area contributed by atoms with E-state index in [1.54, 1.807) is 0 Å². The van der Waals surface area contributed by atoms with Crippen LogP contribution in [0.15, 0.2) is 30.3 Å². The van der Waals surface area contributed by atoms with Gasteiger partial charge in [0.2, 0.25) is 0 Å². The molecule has 1 fully saturated rings. The molecule has 1 aromatic carbocycles. The normalized spacial score (nSPS) is 22.4. The second-order valence-electron chi connectivity index (χ2n) is 6.04. The van der Waals surface area contributed by atoms with E-state index in [-0.39, 0.29) is 0 Å². The van der Waals surface area contributed by atoms with Gasteiger partial charge in [-0.1, -0.05) is 56.5 Å². The van der Waals surface area contributed by atoms with Crippen LogP contribution in [0.1, 0.15) is 55.6 Å². The Labute approximate surface area is 131 Å². The molecule has 2 atom stereocenters. The maximum atomic E-state index is 5.93. The molecule has 2 N–H and O–H groups in total. The SMILES string of the molecule is CCC1CCCC(c2nc(CN)c(-c3ccccc3)s2)C1. The molecule has 0 saturated heterocycles. The molecule has 1 aromatic heterocycles. The predicted molar refractivity (Wildman–Crippen MR) is 90.4 cm³/mol. The van der Waals surface area contributed by atoms with Crippen molar-refractivity contribution in [2.45, 2.75) is 51.5 Å². The first-order valence-electron chi connectivity index (χ1n) is 8.06. The van der Waals surface area contributed by atoms with Crippen molar-refractivity contribution in [2.24, 2.45) is 11.7 Å². The molecule has 21 heavy (non-hydrogen) atoms. The maximum absolute atomic E-state index is 5.93. The molecule has 2 unspecified atom stereocenters. The quantitative estimate of drug-likeness (QED) is 0.867. The second-order valence-corrected chi connectivity index (χ2v) is 7.07. The number of hydrogen-bond donors (Lipinski definition) is 1. The van der Waals surface area contributed by atoms with E-state index in [2.05, 4.69) is 37.3 Å². The van der Waals surface area contributed by atoms with E-state index < -0.39 is 0 Å². The van der Waals surface area contributed by atoms with Crippen LogP contribution >= 0.6 is 11.3 Å². The number of thiazole rings is 1. The third-order valence-corrected chi connectivity index (χ3v) is 5.96. The smallest absolute Gasteiger partial charge is 0.0966 e. The van der Waals surface area contributed by atoms with Crippen molar-refractivity contribution in [3.05, 3.63) is 41.0 Å². The zero-order chi connectivity index (χ0) is 14.7. The number of benzene rings is 1. The third-order valence-electron chi connectivity index (χ3n) is 4.65. The van der Waals surface area contributed by atoms with Gasteiger partial charge in [0.25, 0.3) is 0 Å². The second kappa shape index (κ2) is 6.71. The molecule has 0 bridgehead atoms. The first-order valence-corrected chi connectivity index (χ1v) is 8.88. The summed E-state index contributed by atoms with van der Waals surface area (Å²) in [5, 5.41) is 1.31. The van der Waals surface area contributed by atoms with Crippen LogP contribution in [0.2, 0.25) is 0 Å². The molecule has 1 aliphatic carbocycles. The van der Waals surface area contributed by atoms with E-state index in [1.165, 1.54) is 47.6 Å². The lowest BCUT2D eigenvalue weighted by Crippen LogP contribution is -2.13. The Kier molecular flexibility index (Phi) is 4.71. The molecule has 1 aliphatic rings. The number of nitrogens with two attached hydrogens (primary N) is 1. The van der Waals surface area contributed by atoms with Crippen LogP contribution in [-0.2, 0) is 6.54 Å². The van der Waals surface area contributed by atoms with Crippen LogP contribution in [0.5, 0.6) is 0 Å². The number of nitrogens with zero attached hydrogens (tertiary/aromatic N) is 1. The third kappa shape index (κ3) is 3.19. The number of hydrogen-bond acceptors (Lipinski definition) is 3. The summed E-state index contributed by atoms with van der Waals surface area (Å²) in [6.07, 6.45) is 6.65. The minimum Gasteiger partial charge on any atom is -0.325 e. The first-order chi connectivity index (χ1) is 10.3. The van der Waals surface area contributed by atoms with Gasteiger partial charge in [0.15, 0.2) is 0 Å². The highest BCUT2D eigenvalue weighted by molar-refractivity contribution is 7.15. The van der Waals surface area contributed by atoms with E-state index in [9.17, 15) is 0 Å². The Bertz CT molecular complexity index is 576. The average molecular weight is 300 g/mol. The van der Waals surface area contributed by atoms with Crippen LogP contribution < -0.4 is 5.73 Å². The lowest BCUT2D eigenvalue weighted by atomic mass is 9.80. The Morgan fingerprint density at radius 1 is 1.24 bits per heavy atom. The molecule has 0 amide bonds. The van der Waals surface area contributed by atoms with Gasteiger partial charge in [-0.2, -0.15) is 0 Å². The lowest BCUT2D eigenvalue weighted by Gasteiger charge is -2.26. The van der Waals surface area contributed by atoms with Crippen LogP contribution in [0.3, 0.4) is 0 Å². The van der Waals surface area contributed by atoms with Crippen molar-refractivity contribution in [2.75, 3.05) is 0 Å². The molecular formula is C18H24N2S. The van der Waals surface area contributed by atoms with Gasteiger partial charge in [-0.25, -0.2) is 4.98 Å². The Morgan fingerprint density at radius 2 is 2.05 bits per heavy atom. The molecule has 2 nitrogen and oxygen atoms in total. The molecule has 0 spiro atoms. The summed E-state index contributed by atoms with van der Waals surface area (Å²) >= 11 is 1.87. The summed E-state index contributed by atoms with van der Waals surface area (Å²) in [4.78, 5) is 6.16. The summed E-state index contributed by atoms with van der Waals surface area (Å²) < 4.78 is 0. The van der Waals surface area contributed by atoms with Crippen LogP contribution in [-0.4, -0.2) is 4.98 Å². The van der Waals surface area contributed by atoms with Crippen LogP contribution in [0, 0.1) is 5.92 Å². The van der Waals surface area contributed by atoms with E-state index in [0.29, 0.717) is 12.5 Å². The van der Waals surface area contributed by atoms with Gasteiger partial charge >= 0.3 is 0 Å². The van der Waals surface area contributed by atoms with Gasteiger partial charge in [0, 0.05) is 12.5 Å². The van der Waals surface area contributed by atoms with Crippen molar-refractivity contribution in [3.63, 3.8) is 0 Å². The van der Waals surface area contributed by atoms with Gasteiger partial charge in [-0.05, 0) is 24.3 Å². The van der Waals surface area contributed by atoms with Crippen molar-refractivity contribution < 1.29 is 0 Å². The topological polar surface area (TPSA) is 38.9 Å². The zero-order valence-corrected chi connectivity index (χ0v) is 13.5. The zero-order valence-electron chi connectivity index (χ0n) is 12.7.